The number of anilines is 1. The van der Waals surface area contributed by atoms with Crippen LogP contribution in [-0.4, -0.2) is 38.7 Å². The van der Waals surface area contributed by atoms with Gasteiger partial charge in [0.15, 0.2) is 6.61 Å². The number of hydrogen-bond donors (Lipinski definition) is 1. The molecule has 2 rings (SSSR count). The first kappa shape index (κ1) is 14.6. The van der Waals surface area contributed by atoms with E-state index in [4.69, 9.17) is 4.74 Å². The molecule has 1 amide bonds. The van der Waals surface area contributed by atoms with E-state index in [0.29, 0.717) is 5.69 Å². The van der Waals surface area contributed by atoms with Crippen LogP contribution < -0.4 is 5.32 Å². The van der Waals surface area contributed by atoms with E-state index in [0.717, 1.165) is 0 Å². The van der Waals surface area contributed by atoms with Gasteiger partial charge in [0.25, 0.3) is 5.91 Å². The highest BCUT2D eigenvalue weighted by Crippen LogP contribution is 2.07. The summed E-state index contributed by atoms with van der Waals surface area (Å²) in [7, 11) is 0. The number of carbonyl (C=O) groups excluding carboxylic acids is 2. The monoisotopic (exact) mass is 293 g/mol. The number of amides is 1. The third-order valence-corrected chi connectivity index (χ3v) is 2.43. The number of ether oxygens (including phenoxy) is 1. The molecule has 0 radical (unpaired) electrons. The van der Waals surface area contributed by atoms with Crippen molar-refractivity contribution in [3.8, 4) is 0 Å². The Balaban J connectivity index is 1.68. The largest absolute Gasteiger partial charge is 0.456 e. The van der Waals surface area contributed by atoms with Crippen LogP contribution in [0.15, 0.2) is 30.6 Å². The molecule has 0 aliphatic rings. The number of aromatic nitrogens is 4. The highest BCUT2D eigenvalue weighted by Gasteiger charge is 2.08. The molecule has 1 N–H and O–H groups in total. The maximum absolute atomic E-state index is 12.7. The zero-order chi connectivity index (χ0) is 15.1. The van der Waals surface area contributed by atoms with Crippen molar-refractivity contribution in [2.45, 2.75) is 13.0 Å². The minimum atomic E-state index is -0.542. The summed E-state index contributed by atoms with van der Waals surface area (Å²) in [6.45, 7) is -0.142. The normalized spacial score (nSPS) is 10.1. The molecule has 110 valence electrons. The van der Waals surface area contributed by atoms with Gasteiger partial charge in [-0.25, -0.2) is 9.07 Å². The lowest BCUT2D eigenvalue weighted by Gasteiger charge is -2.06. The third kappa shape index (κ3) is 4.97. The zero-order valence-corrected chi connectivity index (χ0v) is 10.9. The summed E-state index contributed by atoms with van der Waals surface area (Å²) in [5.74, 6) is -1.45. The van der Waals surface area contributed by atoms with Gasteiger partial charge in [0.05, 0.1) is 13.0 Å². The highest BCUT2D eigenvalue weighted by molar-refractivity contribution is 5.92. The van der Waals surface area contributed by atoms with Crippen LogP contribution in [0.5, 0.6) is 0 Å². The predicted octanol–water partition coefficient (Wildman–Crippen LogP) is 0.384. The number of benzene rings is 1. The van der Waals surface area contributed by atoms with Crippen molar-refractivity contribution in [2.24, 2.45) is 0 Å². The van der Waals surface area contributed by atoms with Crippen LogP contribution >= 0.6 is 0 Å². The van der Waals surface area contributed by atoms with Crippen LogP contribution in [0.4, 0.5) is 10.1 Å². The van der Waals surface area contributed by atoms with E-state index in [1.165, 1.54) is 35.3 Å². The Labute approximate surface area is 118 Å². The SMILES string of the molecule is O=C(COC(=O)CCn1cnnn1)Nc1ccc(F)cc1. The summed E-state index contributed by atoms with van der Waals surface area (Å²) in [5, 5.41) is 12.9. The molecule has 0 aliphatic carbocycles. The maximum atomic E-state index is 12.7. The Bertz CT molecular complexity index is 600. The van der Waals surface area contributed by atoms with Gasteiger partial charge in [-0.3, -0.25) is 9.59 Å². The Morgan fingerprint density at radius 3 is 2.71 bits per heavy atom. The quantitative estimate of drug-likeness (QED) is 0.773. The number of aryl methyl sites for hydroxylation is 1. The summed E-state index contributed by atoms with van der Waals surface area (Å²) in [6.07, 6.45) is 1.42. The van der Waals surface area contributed by atoms with Crippen molar-refractivity contribution >= 4 is 17.6 Å². The van der Waals surface area contributed by atoms with Crippen molar-refractivity contribution in [3.63, 3.8) is 0 Å². The Morgan fingerprint density at radius 1 is 1.29 bits per heavy atom. The minimum absolute atomic E-state index is 0.0505. The lowest BCUT2D eigenvalue weighted by Crippen LogP contribution is -2.21. The number of rotatable bonds is 6. The van der Waals surface area contributed by atoms with Crippen molar-refractivity contribution in [1.29, 1.82) is 0 Å². The highest BCUT2D eigenvalue weighted by atomic mass is 19.1. The topological polar surface area (TPSA) is 99.0 Å². The predicted molar refractivity (Wildman–Crippen MR) is 68.4 cm³/mol. The van der Waals surface area contributed by atoms with Gasteiger partial charge in [-0.1, -0.05) is 0 Å². The van der Waals surface area contributed by atoms with Crippen LogP contribution in [0.25, 0.3) is 0 Å². The van der Waals surface area contributed by atoms with E-state index in [-0.39, 0.29) is 13.0 Å². The number of carbonyl (C=O) groups is 2. The van der Waals surface area contributed by atoms with Gasteiger partial charge >= 0.3 is 5.97 Å². The molecule has 1 heterocycles. The fourth-order valence-corrected chi connectivity index (χ4v) is 1.44. The molecule has 0 saturated carbocycles. The molecular weight excluding hydrogens is 281 g/mol. The Hall–Kier alpha value is -2.84. The summed E-state index contributed by atoms with van der Waals surface area (Å²) in [6, 6.07) is 5.25. The smallest absolute Gasteiger partial charge is 0.308 e. The van der Waals surface area contributed by atoms with Crippen LogP contribution in [0.3, 0.4) is 0 Å². The van der Waals surface area contributed by atoms with Gasteiger partial charge in [0.1, 0.15) is 12.1 Å². The van der Waals surface area contributed by atoms with E-state index in [2.05, 4.69) is 20.8 Å². The van der Waals surface area contributed by atoms with E-state index < -0.39 is 24.3 Å². The molecule has 8 nitrogen and oxygen atoms in total. The fraction of sp³-hybridized carbons (Fsp3) is 0.250. The maximum Gasteiger partial charge on any atom is 0.308 e. The first-order chi connectivity index (χ1) is 10.1. The lowest BCUT2D eigenvalue weighted by atomic mass is 10.3. The van der Waals surface area contributed by atoms with Gasteiger partial charge in [0, 0.05) is 5.69 Å². The first-order valence-electron chi connectivity index (χ1n) is 6.05. The zero-order valence-electron chi connectivity index (χ0n) is 10.9. The standard InChI is InChI=1S/C12H12FN5O3/c13-9-1-3-10(4-2-9)15-11(19)7-21-12(20)5-6-18-8-14-16-17-18/h1-4,8H,5-7H2,(H,15,19). The van der Waals surface area contributed by atoms with E-state index in [1.54, 1.807) is 0 Å². The summed E-state index contributed by atoms with van der Waals surface area (Å²) < 4.78 is 18.8. The molecule has 0 aliphatic heterocycles. The Kier molecular flexibility index (Phi) is 4.91. The summed E-state index contributed by atoms with van der Waals surface area (Å²) in [5.41, 5.74) is 0.422. The van der Waals surface area contributed by atoms with E-state index in [1.807, 2.05) is 0 Å². The molecule has 0 atom stereocenters. The second-order valence-electron chi connectivity index (χ2n) is 4.04. The average molecular weight is 293 g/mol. The second kappa shape index (κ2) is 7.08. The van der Waals surface area contributed by atoms with Crippen LogP contribution in [-0.2, 0) is 20.9 Å². The van der Waals surface area contributed by atoms with Gasteiger partial charge in [-0.2, -0.15) is 0 Å². The molecule has 1 aromatic carbocycles. The minimum Gasteiger partial charge on any atom is -0.456 e. The van der Waals surface area contributed by atoms with Gasteiger partial charge < -0.3 is 10.1 Å². The Morgan fingerprint density at radius 2 is 2.05 bits per heavy atom. The van der Waals surface area contributed by atoms with Crippen molar-refractivity contribution in [3.05, 3.63) is 36.4 Å². The second-order valence-corrected chi connectivity index (χ2v) is 4.04. The number of nitrogens with one attached hydrogen (secondary N) is 1. The molecule has 0 spiro atoms. The van der Waals surface area contributed by atoms with E-state index >= 15 is 0 Å². The molecule has 0 saturated heterocycles. The van der Waals surface area contributed by atoms with Gasteiger partial charge in [-0.15, -0.1) is 5.10 Å². The first-order valence-corrected chi connectivity index (χ1v) is 6.05. The summed E-state index contributed by atoms with van der Waals surface area (Å²) in [4.78, 5) is 22.9. The number of tetrazole rings is 1. The summed E-state index contributed by atoms with van der Waals surface area (Å²) >= 11 is 0. The lowest BCUT2D eigenvalue weighted by molar-refractivity contribution is -0.147. The van der Waals surface area contributed by atoms with Crippen molar-refractivity contribution < 1.29 is 18.7 Å². The molecular formula is C12H12FN5O3. The third-order valence-electron chi connectivity index (χ3n) is 2.43. The number of hydrogen-bond acceptors (Lipinski definition) is 6. The van der Waals surface area contributed by atoms with Gasteiger partial charge in [-0.05, 0) is 34.7 Å². The molecule has 9 heteroatoms. The average Bonchev–Trinajstić information content (AvgIpc) is 2.99. The van der Waals surface area contributed by atoms with Crippen LogP contribution in [0, 0.1) is 5.82 Å². The number of esters is 1. The number of halogens is 1. The van der Waals surface area contributed by atoms with Crippen molar-refractivity contribution in [2.75, 3.05) is 11.9 Å². The van der Waals surface area contributed by atoms with E-state index in [9.17, 15) is 14.0 Å². The molecule has 1 aromatic heterocycles. The molecule has 0 unspecified atom stereocenters. The molecule has 21 heavy (non-hydrogen) atoms. The fourth-order valence-electron chi connectivity index (χ4n) is 1.44. The van der Waals surface area contributed by atoms with Crippen molar-refractivity contribution in [1.82, 2.24) is 20.2 Å². The van der Waals surface area contributed by atoms with Gasteiger partial charge in [0.2, 0.25) is 0 Å². The van der Waals surface area contributed by atoms with Crippen LogP contribution in [0.1, 0.15) is 6.42 Å². The molecule has 2 aromatic rings. The van der Waals surface area contributed by atoms with Crippen LogP contribution in [0.2, 0.25) is 0 Å². The molecule has 0 bridgehead atoms. The molecule has 0 fully saturated rings. The number of nitrogens with zero attached hydrogens (tertiary/aromatic N) is 4.